The Bertz CT molecular complexity index is 466. The van der Waals surface area contributed by atoms with E-state index in [1.807, 2.05) is 6.92 Å². The maximum Gasteiger partial charge on any atom is 0.328 e. The highest BCUT2D eigenvalue weighted by Gasteiger charge is 2.40. The number of hydrogen-bond acceptors (Lipinski definition) is 6. The fourth-order valence-electron chi connectivity index (χ4n) is 3.37. The highest BCUT2D eigenvalue weighted by atomic mass is 31.2. The van der Waals surface area contributed by atoms with Gasteiger partial charge in [0.2, 0.25) is 0 Å². The molecule has 3 radical (unpaired) electrons. The van der Waals surface area contributed by atoms with Crippen molar-refractivity contribution < 1.29 is 28.2 Å². The van der Waals surface area contributed by atoms with Gasteiger partial charge in [0.15, 0.2) is 0 Å². The Kier molecular flexibility index (Phi) is 8.06. The molecule has 2 aliphatic rings. The van der Waals surface area contributed by atoms with E-state index < -0.39 is 19.8 Å². The van der Waals surface area contributed by atoms with Crippen LogP contribution in [0.1, 0.15) is 46.5 Å². The molecule has 1 unspecified atom stereocenters. The van der Waals surface area contributed by atoms with Gasteiger partial charge < -0.3 is 23.6 Å². The second-order valence-electron chi connectivity index (χ2n) is 7.49. The van der Waals surface area contributed by atoms with Crippen molar-refractivity contribution in [3.05, 3.63) is 0 Å². The molecule has 0 spiro atoms. The highest BCUT2D eigenvalue weighted by molar-refractivity contribution is 7.53. The van der Waals surface area contributed by atoms with Crippen molar-refractivity contribution in [2.24, 2.45) is 5.92 Å². The van der Waals surface area contributed by atoms with Crippen molar-refractivity contribution in [3.8, 4) is 0 Å². The van der Waals surface area contributed by atoms with Crippen LogP contribution in [-0.2, 0) is 23.1 Å². The first-order valence-corrected chi connectivity index (χ1v) is 11.2. The van der Waals surface area contributed by atoms with Gasteiger partial charge in [-0.15, -0.1) is 0 Å². The lowest BCUT2D eigenvalue weighted by molar-refractivity contribution is -0.0239. The molecule has 1 N–H and O–H groups in total. The molecule has 141 valence electrons. The lowest BCUT2D eigenvalue weighted by Crippen LogP contribution is -2.28. The fourth-order valence-corrected chi connectivity index (χ4v) is 4.56. The molecule has 7 atom stereocenters. The van der Waals surface area contributed by atoms with Crippen LogP contribution in [0.4, 0.5) is 0 Å². The van der Waals surface area contributed by atoms with Crippen LogP contribution >= 0.6 is 7.60 Å². The van der Waals surface area contributed by atoms with Gasteiger partial charge in [-0.2, -0.15) is 0 Å². The Morgan fingerprint density at radius 3 is 2.60 bits per heavy atom. The number of aliphatic hydroxyl groups excluding tert-OH is 1. The quantitative estimate of drug-likeness (QED) is 0.494. The van der Waals surface area contributed by atoms with Crippen LogP contribution < -0.4 is 0 Å². The van der Waals surface area contributed by atoms with E-state index in [0.717, 1.165) is 12.8 Å². The lowest BCUT2D eigenvalue weighted by Gasteiger charge is -2.25. The Hall–Kier alpha value is 0.160. The van der Waals surface area contributed by atoms with Crippen LogP contribution in [-0.4, -0.2) is 69.8 Å². The number of hydrogen-bond donors (Lipinski definition) is 1. The maximum atomic E-state index is 12.7. The molecule has 0 aromatic rings. The largest absolute Gasteiger partial charge is 0.390 e. The summed E-state index contributed by atoms with van der Waals surface area (Å²) in [7, 11) is 3.80. The van der Waals surface area contributed by atoms with Gasteiger partial charge in [0.1, 0.15) is 6.10 Å². The first-order valence-electron chi connectivity index (χ1n) is 9.18. The molecule has 0 bridgehead atoms. The van der Waals surface area contributed by atoms with Crippen molar-refractivity contribution in [1.82, 2.24) is 0 Å². The van der Waals surface area contributed by atoms with Crippen LogP contribution in [0.2, 0.25) is 0 Å². The Labute approximate surface area is 153 Å². The van der Waals surface area contributed by atoms with Gasteiger partial charge in [0.05, 0.1) is 38.2 Å². The van der Waals surface area contributed by atoms with Gasteiger partial charge in [-0.05, 0) is 25.2 Å². The predicted octanol–water partition coefficient (Wildman–Crippen LogP) is 2.09. The van der Waals surface area contributed by atoms with Crippen molar-refractivity contribution in [2.45, 2.75) is 83.0 Å². The van der Waals surface area contributed by atoms with Crippen molar-refractivity contribution in [1.29, 1.82) is 0 Å². The first kappa shape index (κ1) is 21.5. The van der Waals surface area contributed by atoms with Crippen LogP contribution in [0, 0.1) is 5.92 Å². The minimum Gasteiger partial charge on any atom is -0.390 e. The van der Waals surface area contributed by atoms with Crippen LogP contribution in [0.5, 0.6) is 0 Å². The van der Waals surface area contributed by atoms with Gasteiger partial charge >= 0.3 is 7.60 Å². The summed E-state index contributed by atoms with van der Waals surface area (Å²) in [6, 6.07) is -0.195. The summed E-state index contributed by atoms with van der Waals surface area (Å²) in [4.78, 5) is 0. The monoisotopic (exact) mass is 371 g/mol. The topological polar surface area (TPSA) is 74.2 Å². The minimum absolute atomic E-state index is 0.0280. The number of aliphatic hydroxyl groups is 1. The Morgan fingerprint density at radius 1 is 1.32 bits per heavy atom. The van der Waals surface area contributed by atoms with E-state index in [0.29, 0.717) is 18.8 Å². The van der Waals surface area contributed by atoms with E-state index in [4.69, 9.17) is 26.3 Å². The number of rotatable bonds is 9. The summed E-state index contributed by atoms with van der Waals surface area (Å²) in [5, 5.41) is 10.0. The summed E-state index contributed by atoms with van der Waals surface area (Å²) < 4.78 is 35.6. The third-order valence-electron chi connectivity index (χ3n) is 4.70. The molecule has 2 rings (SSSR count). The van der Waals surface area contributed by atoms with Crippen LogP contribution in [0.3, 0.4) is 0 Å². The van der Waals surface area contributed by atoms with Crippen molar-refractivity contribution in [3.63, 3.8) is 0 Å². The van der Waals surface area contributed by atoms with E-state index in [-0.39, 0.29) is 30.9 Å². The van der Waals surface area contributed by atoms with Gasteiger partial charge in [-0.25, -0.2) is 0 Å². The predicted molar refractivity (Wildman–Crippen MR) is 98.2 cm³/mol. The molecule has 25 heavy (non-hydrogen) atoms. The molecule has 0 amide bonds. The molecule has 9 heteroatoms. The summed E-state index contributed by atoms with van der Waals surface area (Å²) in [6.45, 7) is 7.72. The molecular weight excluding hydrogens is 341 g/mol. The third-order valence-corrected chi connectivity index (χ3v) is 5.98. The lowest BCUT2D eigenvalue weighted by atomic mass is 9.51. The summed E-state index contributed by atoms with van der Waals surface area (Å²) in [6.07, 6.45) is 1.29. The maximum absolute atomic E-state index is 12.7. The van der Waals surface area contributed by atoms with E-state index in [1.54, 1.807) is 0 Å². The molecule has 2 heterocycles. The summed E-state index contributed by atoms with van der Waals surface area (Å²) in [5.74, 6) is 0.429. The molecular formula is C16H30B2O6P. The zero-order valence-electron chi connectivity index (χ0n) is 15.7. The molecule has 0 aromatic carbocycles. The molecule has 0 aliphatic carbocycles. The van der Waals surface area contributed by atoms with Gasteiger partial charge in [0.25, 0.3) is 0 Å². The Morgan fingerprint density at radius 2 is 2.04 bits per heavy atom. The summed E-state index contributed by atoms with van der Waals surface area (Å²) >= 11 is 0. The standard InChI is InChI=1S/C16H30B2O6P/c1-5-11-7-12(19)15(22-11)9-21-25(4,20)24-14-8-16(18-17)23-13(14)6-10(2)3/h10-16,19H,5-9H2,1-4H3/t11-,12-,13+,14-,15+,16+,25?/m0/s1. The van der Waals surface area contributed by atoms with Crippen LogP contribution in [0.15, 0.2) is 0 Å². The minimum atomic E-state index is -3.29. The van der Waals surface area contributed by atoms with E-state index in [9.17, 15) is 9.67 Å². The second kappa shape index (κ2) is 9.38. The molecule has 2 saturated heterocycles. The third kappa shape index (κ3) is 6.37. The van der Waals surface area contributed by atoms with E-state index in [2.05, 4.69) is 13.8 Å². The smallest absolute Gasteiger partial charge is 0.328 e. The average Bonchev–Trinajstić information content (AvgIpc) is 3.08. The zero-order valence-corrected chi connectivity index (χ0v) is 16.6. The molecule has 2 aliphatic heterocycles. The van der Waals surface area contributed by atoms with Crippen molar-refractivity contribution >= 4 is 22.5 Å². The molecule has 0 aromatic heterocycles. The number of ether oxygens (including phenoxy) is 2. The fraction of sp³-hybridized carbons (Fsp3) is 1.00. The normalized spacial score (nSPS) is 38.2. The average molecular weight is 371 g/mol. The van der Waals surface area contributed by atoms with Crippen molar-refractivity contribution in [2.75, 3.05) is 13.3 Å². The Balaban J connectivity index is 1.87. The SMILES string of the molecule is [B][B][C@H]1C[C@H](OP(C)(=O)OC[C@H]2O[C@@H](CC)C[C@@H]2O)[C@@H](CC(C)C)O1. The van der Waals surface area contributed by atoms with Gasteiger partial charge in [0, 0.05) is 26.8 Å². The van der Waals surface area contributed by atoms with Crippen LogP contribution in [0.25, 0.3) is 0 Å². The summed E-state index contributed by atoms with van der Waals surface area (Å²) in [5.41, 5.74) is 0. The first-order chi connectivity index (χ1) is 11.7. The molecule has 6 nitrogen and oxygen atoms in total. The van der Waals surface area contributed by atoms with Gasteiger partial charge in [-0.3, -0.25) is 4.57 Å². The van der Waals surface area contributed by atoms with E-state index in [1.165, 1.54) is 13.8 Å². The second-order valence-corrected chi connectivity index (χ2v) is 9.50. The zero-order chi connectivity index (χ0) is 18.6. The highest BCUT2D eigenvalue weighted by Crippen LogP contribution is 2.48. The molecule has 2 fully saturated rings. The van der Waals surface area contributed by atoms with Gasteiger partial charge in [-0.1, -0.05) is 20.8 Å². The molecule has 0 saturated carbocycles. The van der Waals surface area contributed by atoms with E-state index >= 15 is 0 Å².